The molecule has 3 heterocycles. The maximum atomic E-state index is 13.7. The molecule has 134 valence electrons. The van der Waals surface area contributed by atoms with Gasteiger partial charge in [0.15, 0.2) is 0 Å². The Morgan fingerprint density at radius 1 is 1.12 bits per heavy atom. The Bertz CT molecular complexity index is 904. The molecule has 0 aliphatic carbocycles. The first-order valence-corrected chi connectivity index (χ1v) is 9.46. The zero-order valence-electron chi connectivity index (χ0n) is 15.2. The summed E-state index contributed by atoms with van der Waals surface area (Å²) in [7, 11) is 0. The van der Waals surface area contributed by atoms with Crippen LogP contribution in [0.2, 0.25) is 0 Å². The molecule has 1 amide bonds. The number of carbonyl (C=O) groups is 1. The van der Waals surface area contributed by atoms with Crippen LogP contribution in [0, 0.1) is 5.92 Å². The van der Waals surface area contributed by atoms with Crippen molar-refractivity contribution in [3.63, 3.8) is 0 Å². The van der Waals surface area contributed by atoms with Gasteiger partial charge in [0.05, 0.1) is 6.61 Å². The van der Waals surface area contributed by atoms with Crippen LogP contribution in [0.15, 0.2) is 36.4 Å². The van der Waals surface area contributed by atoms with Gasteiger partial charge in [-0.2, -0.15) is 0 Å². The molecule has 2 aromatic carbocycles. The zero-order chi connectivity index (χ0) is 17.9. The van der Waals surface area contributed by atoms with Crippen molar-refractivity contribution in [3.8, 4) is 11.5 Å². The summed E-state index contributed by atoms with van der Waals surface area (Å²) in [6, 6.07) is 12.3. The average molecular weight is 349 g/mol. The van der Waals surface area contributed by atoms with E-state index in [2.05, 4.69) is 32.0 Å². The van der Waals surface area contributed by atoms with Crippen molar-refractivity contribution in [1.29, 1.82) is 0 Å². The molecule has 0 aromatic heterocycles. The fraction of sp³-hybridized carbons (Fsp3) is 0.409. The van der Waals surface area contributed by atoms with Crippen LogP contribution < -0.4 is 14.4 Å². The highest BCUT2D eigenvalue weighted by Gasteiger charge is 2.57. The molecular formula is C22H23NO3. The summed E-state index contributed by atoms with van der Waals surface area (Å²) < 4.78 is 11.7. The molecule has 4 nitrogen and oxygen atoms in total. The quantitative estimate of drug-likeness (QED) is 0.848. The van der Waals surface area contributed by atoms with E-state index in [0.717, 1.165) is 47.7 Å². The normalized spacial score (nSPS) is 22.4. The van der Waals surface area contributed by atoms with Gasteiger partial charge in [-0.3, -0.25) is 4.79 Å². The predicted molar refractivity (Wildman–Crippen MR) is 100 cm³/mol. The second kappa shape index (κ2) is 5.50. The van der Waals surface area contributed by atoms with Gasteiger partial charge in [-0.1, -0.05) is 32.0 Å². The van der Waals surface area contributed by atoms with E-state index in [1.165, 1.54) is 5.56 Å². The summed E-state index contributed by atoms with van der Waals surface area (Å²) in [6.07, 6.45) is 1.88. The number of hydrogen-bond acceptors (Lipinski definition) is 3. The lowest BCUT2D eigenvalue weighted by Gasteiger charge is -2.23. The Morgan fingerprint density at radius 2 is 1.96 bits per heavy atom. The minimum Gasteiger partial charge on any atom is -0.493 e. The van der Waals surface area contributed by atoms with E-state index in [0.29, 0.717) is 19.1 Å². The summed E-state index contributed by atoms with van der Waals surface area (Å²) in [4.78, 5) is 15.6. The van der Waals surface area contributed by atoms with Gasteiger partial charge >= 0.3 is 0 Å². The molecule has 0 fully saturated rings. The second-order valence-corrected chi connectivity index (χ2v) is 7.91. The van der Waals surface area contributed by atoms with E-state index < -0.39 is 5.41 Å². The lowest BCUT2D eigenvalue weighted by Crippen LogP contribution is -2.43. The molecule has 0 saturated carbocycles. The third-order valence-corrected chi connectivity index (χ3v) is 5.89. The molecule has 0 saturated heterocycles. The molecule has 4 heteroatoms. The van der Waals surface area contributed by atoms with Crippen molar-refractivity contribution in [2.45, 2.75) is 32.1 Å². The monoisotopic (exact) mass is 349 g/mol. The summed E-state index contributed by atoms with van der Waals surface area (Å²) >= 11 is 0. The fourth-order valence-electron chi connectivity index (χ4n) is 4.46. The van der Waals surface area contributed by atoms with Crippen LogP contribution in [-0.4, -0.2) is 25.7 Å². The van der Waals surface area contributed by atoms with Gasteiger partial charge in [-0.15, -0.1) is 0 Å². The Balaban J connectivity index is 1.66. The topological polar surface area (TPSA) is 38.8 Å². The van der Waals surface area contributed by atoms with E-state index in [9.17, 15) is 4.79 Å². The Labute approximate surface area is 153 Å². The summed E-state index contributed by atoms with van der Waals surface area (Å²) in [5.74, 6) is 2.40. The number of amides is 1. The highest BCUT2D eigenvalue weighted by molar-refractivity contribution is 6.11. The minimum atomic E-state index is -0.708. The van der Waals surface area contributed by atoms with Gasteiger partial charge < -0.3 is 14.4 Å². The van der Waals surface area contributed by atoms with Crippen molar-refractivity contribution >= 4 is 11.6 Å². The van der Waals surface area contributed by atoms with Crippen LogP contribution in [0.5, 0.6) is 11.5 Å². The highest BCUT2D eigenvalue weighted by Crippen LogP contribution is 2.53. The van der Waals surface area contributed by atoms with Crippen molar-refractivity contribution in [1.82, 2.24) is 0 Å². The Hall–Kier alpha value is -2.49. The number of anilines is 1. The SMILES string of the molecule is CC(C)CCN1C(=O)C2(COc3cc4c(cc32)CCO4)c2ccccc21. The second-order valence-electron chi connectivity index (χ2n) is 7.91. The molecular weight excluding hydrogens is 326 g/mol. The number of hydrogen-bond donors (Lipinski definition) is 0. The summed E-state index contributed by atoms with van der Waals surface area (Å²) in [6.45, 7) is 6.22. The Morgan fingerprint density at radius 3 is 2.81 bits per heavy atom. The fourth-order valence-corrected chi connectivity index (χ4v) is 4.46. The highest BCUT2D eigenvalue weighted by atomic mass is 16.5. The molecule has 0 bridgehead atoms. The molecule has 2 aromatic rings. The third-order valence-electron chi connectivity index (χ3n) is 5.89. The van der Waals surface area contributed by atoms with Gasteiger partial charge in [0.2, 0.25) is 5.91 Å². The molecule has 5 rings (SSSR count). The van der Waals surface area contributed by atoms with E-state index in [4.69, 9.17) is 9.47 Å². The minimum absolute atomic E-state index is 0.150. The number of ether oxygens (including phenoxy) is 2. The van der Waals surface area contributed by atoms with Crippen LogP contribution >= 0.6 is 0 Å². The van der Waals surface area contributed by atoms with E-state index >= 15 is 0 Å². The number of nitrogens with zero attached hydrogens (tertiary/aromatic N) is 1. The molecule has 3 aliphatic rings. The smallest absolute Gasteiger partial charge is 0.245 e. The van der Waals surface area contributed by atoms with Crippen LogP contribution in [0.4, 0.5) is 5.69 Å². The molecule has 3 aliphatic heterocycles. The van der Waals surface area contributed by atoms with E-state index in [1.54, 1.807) is 0 Å². The van der Waals surface area contributed by atoms with E-state index in [1.807, 2.05) is 23.1 Å². The van der Waals surface area contributed by atoms with Gasteiger partial charge in [-0.25, -0.2) is 0 Å². The number of carbonyl (C=O) groups excluding carboxylic acids is 1. The van der Waals surface area contributed by atoms with Crippen LogP contribution in [0.1, 0.15) is 37.0 Å². The maximum Gasteiger partial charge on any atom is 0.245 e. The first-order chi connectivity index (χ1) is 12.6. The lowest BCUT2D eigenvalue weighted by atomic mass is 9.76. The first-order valence-electron chi connectivity index (χ1n) is 9.46. The van der Waals surface area contributed by atoms with Crippen molar-refractivity contribution < 1.29 is 14.3 Å². The molecule has 1 unspecified atom stereocenters. The molecule has 0 N–H and O–H groups in total. The van der Waals surface area contributed by atoms with Crippen LogP contribution in [0.3, 0.4) is 0 Å². The van der Waals surface area contributed by atoms with Gasteiger partial charge in [-0.05, 0) is 35.6 Å². The summed E-state index contributed by atoms with van der Waals surface area (Å²) in [5.41, 5.74) is 3.59. The van der Waals surface area contributed by atoms with Crippen molar-refractivity contribution in [2.75, 3.05) is 24.7 Å². The number of benzene rings is 2. The van der Waals surface area contributed by atoms with Gasteiger partial charge in [0, 0.05) is 30.3 Å². The van der Waals surface area contributed by atoms with Gasteiger partial charge in [0.25, 0.3) is 0 Å². The first kappa shape index (κ1) is 15.7. The Kier molecular flexibility index (Phi) is 3.33. The molecule has 26 heavy (non-hydrogen) atoms. The molecule has 0 radical (unpaired) electrons. The van der Waals surface area contributed by atoms with Crippen molar-refractivity contribution in [3.05, 3.63) is 53.1 Å². The standard InChI is InChI=1S/C22H23NO3/c1-14(2)7-9-23-18-6-4-3-5-16(18)22(21(23)24)13-26-20-12-19-15(8-10-25-19)11-17(20)22/h3-6,11-12,14H,7-10,13H2,1-2H3. The molecule has 1 spiro atoms. The van der Waals surface area contributed by atoms with E-state index in [-0.39, 0.29) is 5.91 Å². The number of para-hydroxylation sites is 1. The van der Waals surface area contributed by atoms with Crippen molar-refractivity contribution in [2.24, 2.45) is 5.92 Å². The lowest BCUT2D eigenvalue weighted by molar-refractivity contribution is -0.122. The summed E-state index contributed by atoms with van der Waals surface area (Å²) in [5, 5.41) is 0. The largest absolute Gasteiger partial charge is 0.493 e. The predicted octanol–water partition coefficient (Wildman–Crippen LogP) is 3.69. The number of fused-ring (bicyclic) bond motifs is 5. The average Bonchev–Trinajstić information content (AvgIpc) is 3.29. The third kappa shape index (κ3) is 1.99. The van der Waals surface area contributed by atoms with Crippen LogP contribution in [0.25, 0.3) is 0 Å². The zero-order valence-corrected chi connectivity index (χ0v) is 15.2. The number of rotatable bonds is 3. The molecule has 1 atom stereocenters. The van der Waals surface area contributed by atoms with Crippen LogP contribution in [-0.2, 0) is 16.6 Å². The maximum absolute atomic E-state index is 13.7. The van der Waals surface area contributed by atoms with Gasteiger partial charge in [0.1, 0.15) is 23.5 Å².